The molecule has 126 heavy (non-hydrogen) atoms. The molecule has 5 aromatic rings. The minimum Gasteiger partial charge on any atom is -0.481 e. The number of carbonyl (C=O) groups excluding carboxylic acids is 14. The van der Waals surface area contributed by atoms with Gasteiger partial charge in [-0.25, -0.2) is 10.2 Å². The van der Waals surface area contributed by atoms with Crippen LogP contribution in [-0.4, -0.2) is 227 Å². The SMILES string of the molecule is N=C(N)NCCC[C@@H]1NC(=O)C(CCCCNC(=O)CCC(NC(=O)[C@H](Cc2ccccc2)NC(=O)c2ccc(N=NCc3ccccc3SOOO)nc2)C(=O)NCCCC[C@@H]2NC(=O)[C@@H](Cc3ccccc3)NC(=O)[C@H](CC(=O)O)NC(=O)CNC(=O)[C@H](CCCNC(=N)N)NC2=O)NC(=O)[C@@H](Cc2ccccc2)NC(=O)[C@H](CC(=O)O)NC(=O)CNC1=O. The summed E-state index contributed by atoms with van der Waals surface area (Å²) in [4.78, 5) is 226. The summed E-state index contributed by atoms with van der Waals surface area (Å²) in [6, 6.07) is 19.7. The van der Waals surface area contributed by atoms with Gasteiger partial charge in [0, 0.05) is 63.0 Å². The first-order chi connectivity index (χ1) is 60.5. The highest BCUT2D eigenvalue weighted by Crippen LogP contribution is 2.25. The van der Waals surface area contributed by atoms with Gasteiger partial charge in [0.1, 0.15) is 60.4 Å². The minimum atomic E-state index is -1.75. The van der Waals surface area contributed by atoms with Crippen LogP contribution in [0.1, 0.15) is 123 Å². The van der Waals surface area contributed by atoms with E-state index < -0.39 is 194 Å². The van der Waals surface area contributed by atoms with Crippen molar-refractivity contribution in [2.45, 2.75) is 181 Å². The Kier molecular flexibility index (Phi) is 41.7. The Hall–Kier alpha value is -14.1. The maximum atomic E-state index is 14.9. The number of aliphatic carboxylic acids is 2. The first-order valence-corrected chi connectivity index (χ1v) is 41.1. The van der Waals surface area contributed by atoms with Crippen LogP contribution in [-0.2, 0) is 107 Å². The van der Waals surface area contributed by atoms with E-state index in [9.17, 15) is 86.9 Å². The largest absolute Gasteiger partial charge is 0.481 e. The first-order valence-electron chi connectivity index (χ1n) is 40.4. The van der Waals surface area contributed by atoms with E-state index in [1.165, 1.54) is 18.3 Å². The van der Waals surface area contributed by atoms with Gasteiger partial charge in [-0.3, -0.25) is 87.5 Å². The van der Waals surface area contributed by atoms with Crippen LogP contribution >= 0.6 is 12.0 Å². The van der Waals surface area contributed by atoms with E-state index in [0.29, 0.717) is 27.1 Å². The standard InChI is InChI=1S/C81H105N23O21S/c82-80(83)88-36-16-27-52-71(114)91-45-65(106)94-60(41-67(108)109)78(121)102-58(39-48-20-6-2-7-21-48)76(119)98-54(73(116)96-52)25-12-14-34-86-64(105)33-31-56(100-75(118)57(38-47-18-4-1-5-19-47)101-69(112)51-30-32-63(90-43-51)104-93-44-50-24-10-11-29-62(50)126-125-124-123)70(113)87-35-15-13-26-55-74(117)97-53(28-17-37-89-81(84)85)72(115)92-46-66(107)95-61(42-68(110)111)79(122)103-59(77(120)99-55)40-49-22-8-3-9-23-49/h1-11,18-24,29-30,32,43,52-61,123H,12-17,25-28,31,33-42,44-46H2,(H,86,105)(H,87,113)(H,91,114)(H,92,115)(H,94,106)(H,95,107)(H,96,116)(H,97,117)(H,98,119)(H,99,120)(H,100,118)(H,101,112)(H,102,121)(H,103,122)(H,108,109)(H,110,111)(H4,82,83,88)(H4,84,85,89)/t52-,53-,54?,55-,56?,57-,58+,59+,60-,61-/m0/s1. The van der Waals surface area contributed by atoms with E-state index in [1.54, 1.807) is 115 Å². The van der Waals surface area contributed by atoms with Gasteiger partial charge in [0.15, 0.2) is 17.7 Å². The van der Waals surface area contributed by atoms with Gasteiger partial charge in [0.05, 0.1) is 50.1 Å². The van der Waals surface area contributed by atoms with Crippen LogP contribution in [0.3, 0.4) is 0 Å². The molecule has 14 amide bonds. The van der Waals surface area contributed by atoms with Crippen LogP contribution in [0.4, 0.5) is 5.82 Å². The van der Waals surface area contributed by atoms with Crippen molar-refractivity contribution in [3.05, 3.63) is 161 Å². The lowest BCUT2D eigenvalue weighted by Crippen LogP contribution is -2.58. The fourth-order valence-corrected chi connectivity index (χ4v) is 13.4. The third kappa shape index (κ3) is 36.2. The molecule has 0 saturated carbocycles. The molecule has 676 valence electrons. The van der Waals surface area contributed by atoms with Gasteiger partial charge in [0.25, 0.3) is 5.91 Å². The predicted octanol–water partition coefficient (Wildman–Crippen LogP) is -1.93. The van der Waals surface area contributed by atoms with Crippen molar-refractivity contribution in [3.8, 4) is 0 Å². The number of guanidine groups is 2. The average Bonchev–Trinajstić information content (AvgIpc) is 1.64. The van der Waals surface area contributed by atoms with Gasteiger partial charge in [-0.15, -0.1) is 9.45 Å². The Balaban J connectivity index is 1.12. The lowest BCUT2D eigenvalue weighted by Gasteiger charge is -2.26. The molecule has 0 bridgehead atoms. The molecule has 2 aliphatic rings. The maximum Gasteiger partial charge on any atom is 0.305 e. The van der Waals surface area contributed by atoms with E-state index in [-0.39, 0.29) is 139 Å². The molecule has 2 aliphatic heterocycles. The molecule has 2 saturated heterocycles. The summed E-state index contributed by atoms with van der Waals surface area (Å²) in [6.45, 7) is -1.65. The normalized spacial score (nSPS) is 19.2. The molecule has 2 fully saturated rings. The number of amides is 14. The molecule has 7 rings (SSSR count). The van der Waals surface area contributed by atoms with E-state index in [4.69, 9.17) is 27.5 Å². The van der Waals surface area contributed by atoms with Gasteiger partial charge in [-0.05, 0) is 111 Å². The number of carboxylic acids is 2. The van der Waals surface area contributed by atoms with Crippen molar-refractivity contribution in [1.29, 1.82) is 10.8 Å². The number of nitrogens with zero attached hydrogens (tertiary/aromatic N) is 3. The number of carbonyl (C=O) groups is 16. The molecular formula is C81H105N23O21S. The molecule has 1 aromatic heterocycles. The number of unbranched alkanes of at least 4 members (excludes halogenated alkanes) is 2. The summed E-state index contributed by atoms with van der Waals surface area (Å²) in [5, 5.41) is 96.4. The Morgan fingerprint density at radius 2 is 0.905 bits per heavy atom. The van der Waals surface area contributed by atoms with E-state index >= 15 is 0 Å². The number of pyridine rings is 1. The molecule has 3 heterocycles. The van der Waals surface area contributed by atoms with Crippen LogP contribution in [0.2, 0.25) is 0 Å². The zero-order valence-electron chi connectivity index (χ0n) is 68.5. The number of rotatable bonds is 42. The first kappa shape index (κ1) is 99.0. The molecule has 25 N–H and O–H groups in total. The lowest BCUT2D eigenvalue weighted by atomic mass is 10.0. The Labute approximate surface area is 727 Å². The number of nitrogens with one attached hydrogen (secondary N) is 18. The molecule has 45 heteroatoms. The number of nitrogens with two attached hydrogens (primary N) is 2. The zero-order chi connectivity index (χ0) is 91.3. The van der Waals surface area contributed by atoms with Crippen molar-refractivity contribution in [2.24, 2.45) is 21.7 Å². The second-order valence-electron chi connectivity index (χ2n) is 29.2. The summed E-state index contributed by atoms with van der Waals surface area (Å²) in [5.74, 6) is -16.3. The summed E-state index contributed by atoms with van der Waals surface area (Å²) in [7, 11) is 0. The molecule has 0 radical (unpaired) electrons. The number of carboxylic acid groups (broad SMARTS) is 2. The van der Waals surface area contributed by atoms with Crippen molar-refractivity contribution in [1.82, 2.24) is 90.1 Å². The van der Waals surface area contributed by atoms with Gasteiger partial charge in [-0.1, -0.05) is 114 Å². The maximum absolute atomic E-state index is 14.9. The molecule has 2 unspecified atom stereocenters. The predicted molar refractivity (Wildman–Crippen MR) is 450 cm³/mol. The number of hydrogen-bond donors (Lipinski definition) is 23. The monoisotopic (exact) mass is 1770 g/mol. The lowest BCUT2D eigenvalue weighted by molar-refractivity contribution is -0.432. The summed E-state index contributed by atoms with van der Waals surface area (Å²) in [5.41, 5.74) is 13.2. The quantitative estimate of drug-likeness (QED) is 0.00385. The van der Waals surface area contributed by atoms with Crippen LogP contribution < -0.4 is 96.5 Å². The van der Waals surface area contributed by atoms with Gasteiger partial charge in [-0.2, -0.15) is 5.11 Å². The molecule has 10 atom stereocenters. The molecule has 4 aromatic carbocycles. The van der Waals surface area contributed by atoms with Crippen LogP contribution in [0.25, 0.3) is 0 Å². The van der Waals surface area contributed by atoms with Crippen molar-refractivity contribution in [2.75, 3.05) is 39.3 Å². The fraction of sp³-hybridized carbons (Fsp3) is 0.420. The number of azo groups is 1. The number of benzene rings is 4. The van der Waals surface area contributed by atoms with E-state index in [1.807, 2.05) is 0 Å². The molecular weight excluding hydrogens is 1660 g/mol. The summed E-state index contributed by atoms with van der Waals surface area (Å²) >= 11 is 0.735. The highest BCUT2D eigenvalue weighted by Gasteiger charge is 2.37. The fourth-order valence-electron chi connectivity index (χ4n) is 13.0. The third-order valence-electron chi connectivity index (χ3n) is 19.4. The minimum absolute atomic E-state index is 0.0172. The topological polar surface area (TPSA) is 682 Å². The van der Waals surface area contributed by atoms with Crippen molar-refractivity contribution < 1.29 is 102 Å². The molecule has 44 nitrogen and oxygen atoms in total. The highest BCUT2D eigenvalue weighted by molar-refractivity contribution is 7.94. The van der Waals surface area contributed by atoms with E-state index in [2.05, 4.69) is 110 Å². The van der Waals surface area contributed by atoms with Crippen LogP contribution in [0, 0.1) is 10.8 Å². The van der Waals surface area contributed by atoms with Crippen molar-refractivity contribution in [3.63, 3.8) is 0 Å². The smallest absolute Gasteiger partial charge is 0.305 e. The number of aromatic nitrogens is 1. The van der Waals surface area contributed by atoms with Gasteiger partial charge < -0.3 is 107 Å². The Bertz CT molecular complexity index is 4620. The Morgan fingerprint density at radius 1 is 0.476 bits per heavy atom. The van der Waals surface area contributed by atoms with Crippen LogP contribution in [0.5, 0.6) is 0 Å². The zero-order valence-corrected chi connectivity index (χ0v) is 69.4. The second kappa shape index (κ2) is 53.1. The highest BCUT2D eigenvalue weighted by atomic mass is 32.2. The van der Waals surface area contributed by atoms with Gasteiger partial charge >= 0.3 is 11.9 Å². The summed E-state index contributed by atoms with van der Waals surface area (Å²) < 4.78 is 4.57. The second-order valence-corrected chi connectivity index (χ2v) is 29.9. The third-order valence-corrected chi connectivity index (χ3v) is 20.2. The number of hydrogen-bond acceptors (Lipinski definition) is 25. The average molecular weight is 1770 g/mol. The Morgan fingerprint density at radius 3 is 1.37 bits per heavy atom. The van der Waals surface area contributed by atoms with Gasteiger partial charge in [0.2, 0.25) is 76.8 Å². The van der Waals surface area contributed by atoms with Crippen LogP contribution in [0.15, 0.2) is 149 Å². The van der Waals surface area contributed by atoms with Crippen molar-refractivity contribution >= 4 is 124 Å². The summed E-state index contributed by atoms with van der Waals surface area (Å²) in [6.07, 6.45) is -2.12. The molecule has 0 spiro atoms. The van der Waals surface area contributed by atoms with E-state index in [0.717, 1.165) is 12.0 Å². The molecule has 0 aliphatic carbocycles.